The Hall–Kier alpha value is -1.09. The summed E-state index contributed by atoms with van der Waals surface area (Å²) in [4.78, 5) is 14.4. The molecule has 0 bridgehead atoms. The van der Waals surface area contributed by atoms with Gasteiger partial charge in [0.05, 0.1) is 0 Å². The normalized spacial score (nSPS) is 15.6. The van der Waals surface area contributed by atoms with Gasteiger partial charge in [0.2, 0.25) is 0 Å². The predicted molar refractivity (Wildman–Crippen MR) is 81.4 cm³/mol. The highest BCUT2D eigenvalue weighted by molar-refractivity contribution is 5.11. The molecule has 0 spiro atoms. The number of hydrogen-bond acceptors (Lipinski definition) is 2. The van der Waals surface area contributed by atoms with E-state index in [0.717, 1.165) is 37.7 Å². The van der Waals surface area contributed by atoms with Gasteiger partial charge in [-0.05, 0) is 25.3 Å². The van der Waals surface area contributed by atoms with E-state index in [4.69, 9.17) is 0 Å². The van der Waals surface area contributed by atoms with Crippen LogP contribution in [0.2, 0.25) is 0 Å². The minimum atomic E-state index is 0.175. The molecule has 0 unspecified atom stereocenters. The molecule has 0 N–H and O–H groups in total. The van der Waals surface area contributed by atoms with Gasteiger partial charge in [0, 0.05) is 37.9 Å². The first-order valence-corrected chi connectivity index (χ1v) is 7.65. The highest BCUT2D eigenvalue weighted by atomic mass is 16.1. The number of rotatable bonds is 5. The van der Waals surface area contributed by atoms with Crippen molar-refractivity contribution in [2.45, 2.75) is 53.6 Å². The van der Waals surface area contributed by atoms with Crippen LogP contribution in [0.25, 0.3) is 0 Å². The summed E-state index contributed by atoms with van der Waals surface area (Å²) in [7, 11) is 0. The van der Waals surface area contributed by atoms with Gasteiger partial charge in [-0.25, -0.2) is 0 Å². The fourth-order valence-corrected chi connectivity index (χ4v) is 2.59. The third kappa shape index (κ3) is 4.20. The fraction of sp³-hybridized carbons (Fsp3) is 0.688. The van der Waals surface area contributed by atoms with Crippen molar-refractivity contribution in [2.24, 2.45) is 5.92 Å². The lowest BCUT2D eigenvalue weighted by Gasteiger charge is -2.39. The predicted octanol–water partition coefficient (Wildman–Crippen LogP) is 3.13. The van der Waals surface area contributed by atoms with Gasteiger partial charge in [-0.3, -0.25) is 9.69 Å². The van der Waals surface area contributed by atoms with E-state index >= 15 is 0 Å². The molecule has 3 heteroatoms. The summed E-state index contributed by atoms with van der Waals surface area (Å²) in [6, 6.07) is 3.94. The summed E-state index contributed by atoms with van der Waals surface area (Å²) in [5.74, 6) is 0.858. The van der Waals surface area contributed by atoms with Gasteiger partial charge >= 0.3 is 0 Å². The highest BCUT2D eigenvalue weighted by Gasteiger charge is 2.26. The standard InChI is InChI=1S/C14H22N2O.C2H6/c1-3-6-12-9-15(10-12)11-13-7-5-8-16(4-2)14(13)17;1-2/h5,7-8,12H,3-4,6,9-11H2,1-2H3;1-2H3. The van der Waals surface area contributed by atoms with E-state index in [9.17, 15) is 4.79 Å². The molecule has 2 rings (SSSR count). The Labute approximate surface area is 117 Å². The van der Waals surface area contributed by atoms with Gasteiger partial charge < -0.3 is 4.57 Å². The van der Waals surface area contributed by atoms with E-state index < -0.39 is 0 Å². The average Bonchev–Trinajstić information content (AvgIpc) is 2.40. The first-order valence-electron chi connectivity index (χ1n) is 7.65. The van der Waals surface area contributed by atoms with Crippen LogP contribution in [-0.2, 0) is 13.1 Å². The molecule has 1 aliphatic heterocycles. The smallest absolute Gasteiger partial charge is 0.255 e. The monoisotopic (exact) mass is 264 g/mol. The molecule has 3 nitrogen and oxygen atoms in total. The lowest BCUT2D eigenvalue weighted by molar-refractivity contribution is 0.0854. The minimum Gasteiger partial charge on any atom is -0.316 e. The van der Waals surface area contributed by atoms with E-state index in [0.29, 0.717) is 0 Å². The second kappa shape index (κ2) is 8.16. The lowest BCUT2D eigenvalue weighted by atomic mass is 9.94. The Morgan fingerprint density at radius 3 is 2.53 bits per heavy atom. The van der Waals surface area contributed by atoms with Crippen LogP contribution in [0.4, 0.5) is 0 Å². The second-order valence-electron chi connectivity index (χ2n) is 4.97. The quantitative estimate of drug-likeness (QED) is 0.816. The van der Waals surface area contributed by atoms with Crippen LogP contribution in [0.5, 0.6) is 0 Å². The first kappa shape index (κ1) is 16.0. The van der Waals surface area contributed by atoms with Gasteiger partial charge in [0.1, 0.15) is 0 Å². The molecule has 0 atom stereocenters. The molecule has 0 aromatic carbocycles. The summed E-state index contributed by atoms with van der Waals surface area (Å²) in [6.07, 6.45) is 4.46. The van der Waals surface area contributed by atoms with Gasteiger partial charge in [-0.15, -0.1) is 0 Å². The third-order valence-corrected chi connectivity index (χ3v) is 3.56. The van der Waals surface area contributed by atoms with Crippen molar-refractivity contribution in [3.05, 3.63) is 34.2 Å². The summed E-state index contributed by atoms with van der Waals surface area (Å²) in [6.45, 7) is 12.1. The zero-order chi connectivity index (χ0) is 14.3. The molecule has 0 saturated carbocycles. The SMILES string of the molecule is CC.CCCC1CN(Cc2cccn(CC)c2=O)C1. The molecule has 0 aliphatic carbocycles. The van der Waals surface area contributed by atoms with Crippen LogP contribution >= 0.6 is 0 Å². The van der Waals surface area contributed by atoms with Crippen LogP contribution in [-0.4, -0.2) is 22.6 Å². The molecule has 1 saturated heterocycles. The van der Waals surface area contributed by atoms with E-state index in [1.807, 2.05) is 39.1 Å². The highest BCUT2D eigenvalue weighted by Crippen LogP contribution is 2.21. The van der Waals surface area contributed by atoms with Crippen molar-refractivity contribution >= 4 is 0 Å². The zero-order valence-electron chi connectivity index (χ0n) is 12.9. The summed E-state index contributed by atoms with van der Waals surface area (Å²) in [5, 5.41) is 0. The maximum atomic E-state index is 12.0. The van der Waals surface area contributed by atoms with Gasteiger partial charge in [0.15, 0.2) is 0 Å². The Morgan fingerprint density at radius 1 is 1.26 bits per heavy atom. The topological polar surface area (TPSA) is 25.2 Å². The average molecular weight is 264 g/mol. The van der Waals surface area contributed by atoms with Crippen LogP contribution in [0.3, 0.4) is 0 Å². The molecule has 1 aromatic rings. The Balaban J connectivity index is 0.000000861. The fourth-order valence-electron chi connectivity index (χ4n) is 2.59. The van der Waals surface area contributed by atoms with Crippen molar-refractivity contribution < 1.29 is 0 Å². The Kier molecular flexibility index (Phi) is 6.85. The number of pyridine rings is 1. The number of hydrogen-bond donors (Lipinski definition) is 0. The number of nitrogens with zero attached hydrogens (tertiary/aromatic N) is 2. The van der Waals surface area contributed by atoms with E-state index in [2.05, 4.69) is 11.8 Å². The molecule has 1 fully saturated rings. The molecular weight excluding hydrogens is 236 g/mol. The molecule has 108 valence electrons. The maximum Gasteiger partial charge on any atom is 0.255 e. The third-order valence-electron chi connectivity index (χ3n) is 3.56. The number of aryl methyl sites for hydroxylation is 1. The van der Waals surface area contributed by atoms with Crippen LogP contribution in [0.15, 0.2) is 23.1 Å². The molecule has 2 heterocycles. The summed E-state index contributed by atoms with van der Waals surface area (Å²) >= 11 is 0. The van der Waals surface area contributed by atoms with Crippen molar-refractivity contribution in [1.82, 2.24) is 9.47 Å². The molecular formula is C16H28N2O. The molecule has 0 radical (unpaired) electrons. The minimum absolute atomic E-state index is 0.175. The van der Waals surface area contributed by atoms with Crippen molar-refractivity contribution in [1.29, 1.82) is 0 Å². The van der Waals surface area contributed by atoms with Crippen LogP contribution < -0.4 is 5.56 Å². The zero-order valence-corrected chi connectivity index (χ0v) is 12.9. The van der Waals surface area contributed by atoms with Crippen molar-refractivity contribution in [3.63, 3.8) is 0 Å². The van der Waals surface area contributed by atoms with Crippen molar-refractivity contribution in [3.8, 4) is 0 Å². The Bertz CT molecular complexity index is 419. The molecule has 1 aromatic heterocycles. The van der Waals surface area contributed by atoms with E-state index in [1.165, 1.54) is 12.8 Å². The lowest BCUT2D eigenvalue weighted by Crippen LogP contribution is -2.46. The van der Waals surface area contributed by atoms with Gasteiger partial charge in [-0.2, -0.15) is 0 Å². The maximum absolute atomic E-state index is 12.0. The largest absolute Gasteiger partial charge is 0.316 e. The summed E-state index contributed by atoms with van der Waals surface area (Å²) < 4.78 is 1.78. The Morgan fingerprint density at radius 2 is 1.95 bits per heavy atom. The number of likely N-dealkylation sites (tertiary alicyclic amines) is 1. The molecule has 0 amide bonds. The summed E-state index contributed by atoms with van der Waals surface area (Å²) in [5.41, 5.74) is 1.11. The van der Waals surface area contributed by atoms with Crippen LogP contribution in [0, 0.1) is 5.92 Å². The van der Waals surface area contributed by atoms with Crippen molar-refractivity contribution in [2.75, 3.05) is 13.1 Å². The second-order valence-corrected chi connectivity index (χ2v) is 4.97. The van der Waals surface area contributed by atoms with Gasteiger partial charge in [-0.1, -0.05) is 33.3 Å². The first-order chi connectivity index (χ1) is 9.24. The molecule has 1 aliphatic rings. The van der Waals surface area contributed by atoms with Crippen LogP contribution in [0.1, 0.15) is 46.1 Å². The number of aromatic nitrogens is 1. The van der Waals surface area contributed by atoms with Gasteiger partial charge in [0.25, 0.3) is 5.56 Å². The van der Waals surface area contributed by atoms with E-state index in [1.54, 1.807) is 4.57 Å². The van der Waals surface area contributed by atoms with E-state index in [-0.39, 0.29) is 5.56 Å². The molecule has 19 heavy (non-hydrogen) atoms.